The summed E-state index contributed by atoms with van der Waals surface area (Å²) in [7, 11) is 0. The Morgan fingerprint density at radius 3 is 3.00 bits per heavy atom. The zero-order chi connectivity index (χ0) is 13.1. The predicted molar refractivity (Wildman–Crippen MR) is 72.0 cm³/mol. The van der Waals surface area contributed by atoms with Crippen molar-refractivity contribution >= 4 is 39.6 Å². The molecular formula is C13H12BrNO3. The zero-order valence-corrected chi connectivity index (χ0v) is 11.4. The summed E-state index contributed by atoms with van der Waals surface area (Å²) < 4.78 is 5.80. The molecule has 0 saturated carbocycles. The highest BCUT2D eigenvalue weighted by molar-refractivity contribution is 9.10. The molecule has 0 radical (unpaired) electrons. The first-order chi connectivity index (χ1) is 8.60. The summed E-state index contributed by atoms with van der Waals surface area (Å²) >= 11 is 3.34. The van der Waals surface area contributed by atoms with Gasteiger partial charge in [0, 0.05) is 15.7 Å². The monoisotopic (exact) mass is 309 g/mol. The zero-order valence-electron chi connectivity index (χ0n) is 9.83. The van der Waals surface area contributed by atoms with Crippen LogP contribution in [0.1, 0.15) is 18.9 Å². The number of nitrogens with one attached hydrogen (secondary N) is 1. The fourth-order valence-electron chi connectivity index (χ4n) is 1.72. The first kappa shape index (κ1) is 12.8. The van der Waals surface area contributed by atoms with Gasteiger partial charge in [-0.1, -0.05) is 22.0 Å². The Balaban J connectivity index is 2.41. The van der Waals surface area contributed by atoms with Crippen molar-refractivity contribution in [2.75, 3.05) is 11.9 Å². The van der Waals surface area contributed by atoms with Gasteiger partial charge in [-0.15, -0.1) is 0 Å². The van der Waals surface area contributed by atoms with E-state index >= 15 is 0 Å². The van der Waals surface area contributed by atoms with Gasteiger partial charge in [-0.25, -0.2) is 4.79 Å². The Morgan fingerprint density at radius 2 is 2.28 bits per heavy atom. The van der Waals surface area contributed by atoms with Gasteiger partial charge >= 0.3 is 5.97 Å². The normalized spacial score (nSPS) is 14.1. The number of ether oxygens (including phenoxy) is 1. The summed E-state index contributed by atoms with van der Waals surface area (Å²) in [6.45, 7) is 2.03. The van der Waals surface area contributed by atoms with Crippen LogP contribution in [0.2, 0.25) is 0 Å². The van der Waals surface area contributed by atoms with Crippen molar-refractivity contribution in [3.63, 3.8) is 0 Å². The molecule has 0 aromatic heterocycles. The molecule has 18 heavy (non-hydrogen) atoms. The average molecular weight is 310 g/mol. The van der Waals surface area contributed by atoms with Crippen molar-refractivity contribution in [2.45, 2.75) is 13.3 Å². The van der Waals surface area contributed by atoms with Crippen molar-refractivity contribution in [3.8, 4) is 0 Å². The van der Waals surface area contributed by atoms with Gasteiger partial charge in [0.15, 0.2) is 0 Å². The van der Waals surface area contributed by atoms with Crippen LogP contribution in [0.5, 0.6) is 0 Å². The maximum atomic E-state index is 11.7. The van der Waals surface area contributed by atoms with Gasteiger partial charge in [0.2, 0.25) is 5.91 Å². The molecule has 1 aromatic rings. The molecule has 1 aliphatic heterocycles. The second-order valence-corrected chi connectivity index (χ2v) is 4.76. The highest BCUT2D eigenvalue weighted by atomic mass is 79.9. The van der Waals surface area contributed by atoms with Crippen LogP contribution < -0.4 is 5.32 Å². The van der Waals surface area contributed by atoms with Crippen LogP contribution in [0, 0.1) is 0 Å². The van der Waals surface area contributed by atoms with E-state index in [0.29, 0.717) is 17.9 Å². The highest BCUT2D eigenvalue weighted by Gasteiger charge is 2.20. The minimum atomic E-state index is -0.441. The molecule has 1 heterocycles. The number of hydrogen-bond donors (Lipinski definition) is 1. The van der Waals surface area contributed by atoms with E-state index in [9.17, 15) is 9.59 Å². The summed E-state index contributed by atoms with van der Waals surface area (Å²) in [5.74, 6) is -0.658. The van der Waals surface area contributed by atoms with E-state index in [-0.39, 0.29) is 12.3 Å². The molecule has 0 saturated heterocycles. The third kappa shape index (κ3) is 2.79. The van der Waals surface area contributed by atoms with Gasteiger partial charge in [0.05, 0.1) is 13.0 Å². The van der Waals surface area contributed by atoms with Crippen molar-refractivity contribution in [1.82, 2.24) is 0 Å². The first-order valence-electron chi connectivity index (χ1n) is 5.57. The number of rotatable bonds is 2. The maximum absolute atomic E-state index is 11.7. The topological polar surface area (TPSA) is 55.4 Å². The molecule has 0 fully saturated rings. The number of esters is 1. The van der Waals surface area contributed by atoms with Gasteiger partial charge in [0.1, 0.15) is 0 Å². The lowest BCUT2D eigenvalue weighted by Gasteiger charge is -2.05. The third-order valence-corrected chi connectivity index (χ3v) is 3.00. The number of anilines is 1. The molecule has 0 spiro atoms. The average Bonchev–Trinajstić information content (AvgIpc) is 2.47. The smallest absolute Gasteiger partial charge is 0.334 e. The Morgan fingerprint density at radius 1 is 1.50 bits per heavy atom. The van der Waals surface area contributed by atoms with E-state index in [4.69, 9.17) is 4.74 Å². The van der Waals surface area contributed by atoms with Crippen molar-refractivity contribution < 1.29 is 14.3 Å². The van der Waals surface area contributed by atoms with Crippen molar-refractivity contribution in [1.29, 1.82) is 0 Å². The molecule has 2 rings (SSSR count). The predicted octanol–water partition coefficient (Wildman–Crippen LogP) is 2.74. The minimum absolute atomic E-state index is 0.0329. The van der Waals surface area contributed by atoms with Crippen LogP contribution in [0.4, 0.5) is 5.69 Å². The molecule has 1 aliphatic rings. The fraction of sp³-hybridized carbons (Fsp3) is 0.231. The molecule has 4 nitrogen and oxygen atoms in total. The maximum Gasteiger partial charge on any atom is 0.334 e. The van der Waals surface area contributed by atoms with Gasteiger partial charge in [-0.05, 0) is 30.7 Å². The van der Waals surface area contributed by atoms with Crippen molar-refractivity contribution in [2.24, 2.45) is 0 Å². The number of amides is 1. The Kier molecular flexibility index (Phi) is 3.81. The molecule has 0 atom stereocenters. The SMILES string of the molecule is CCOC(=O)C1=Cc2ccc(Br)cc2NC(=O)C1. The molecule has 1 aromatic carbocycles. The molecule has 0 unspecified atom stereocenters. The Hall–Kier alpha value is -1.62. The highest BCUT2D eigenvalue weighted by Crippen LogP contribution is 2.27. The van der Waals surface area contributed by atoms with E-state index in [0.717, 1.165) is 10.0 Å². The van der Waals surface area contributed by atoms with E-state index in [1.807, 2.05) is 12.1 Å². The van der Waals surface area contributed by atoms with Crippen LogP contribution in [-0.2, 0) is 14.3 Å². The lowest BCUT2D eigenvalue weighted by atomic mass is 10.1. The third-order valence-electron chi connectivity index (χ3n) is 2.51. The molecule has 0 aliphatic carbocycles. The van der Waals surface area contributed by atoms with Crippen LogP contribution in [0.15, 0.2) is 28.2 Å². The van der Waals surface area contributed by atoms with E-state index < -0.39 is 5.97 Å². The molecule has 94 valence electrons. The minimum Gasteiger partial charge on any atom is -0.463 e. The number of carbonyl (C=O) groups is 2. The number of fused-ring (bicyclic) bond motifs is 1. The lowest BCUT2D eigenvalue weighted by molar-refractivity contribution is -0.139. The van der Waals surface area contributed by atoms with Gasteiger partial charge in [-0.3, -0.25) is 4.79 Å². The van der Waals surface area contributed by atoms with Gasteiger partial charge in [-0.2, -0.15) is 0 Å². The van der Waals surface area contributed by atoms with Crippen LogP contribution in [0.3, 0.4) is 0 Å². The van der Waals surface area contributed by atoms with Crippen LogP contribution in [0.25, 0.3) is 6.08 Å². The second kappa shape index (κ2) is 5.35. The summed E-state index contributed by atoms with van der Waals surface area (Å²) in [4.78, 5) is 23.4. The van der Waals surface area contributed by atoms with E-state index in [1.165, 1.54) is 0 Å². The van der Waals surface area contributed by atoms with E-state index in [2.05, 4.69) is 21.2 Å². The summed E-state index contributed by atoms with van der Waals surface area (Å²) in [6, 6.07) is 5.50. The number of benzene rings is 1. The van der Waals surface area contributed by atoms with Gasteiger partial charge < -0.3 is 10.1 Å². The Bertz CT molecular complexity index is 537. The number of carbonyl (C=O) groups excluding carboxylic acids is 2. The van der Waals surface area contributed by atoms with Crippen LogP contribution >= 0.6 is 15.9 Å². The molecule has 5 heteroatoms. The van der Waals surface area contributed by atoms with E-state index in [1.54, 1.807) is 19.1 Å². The largest absolute Gasteiger partial charge is 0.463 e. The Labute approximate surface area is 113 Å². The molecular weight excluding hydrogens is 298 g/mol. The quantitative estimate of drug-likeness (QED) is 0.855. The summed E-state index contributed by atoms with van der Waals surface area (Å²) in [5, 5.41) is 2.76. The molecule has 1 amide bonds. The van der Waals surface area contributed by atoms with Crippen molar-refractivity contribution in [3.05, 3.63) is 33.8 Å². The number of halogens is 1. The standard InChI is InChI=1S/C13H12BrNO3/c1-2-18-13(17)9-5-8-3-4-10(14)7-11(8)15-12(16)6-9/h3-5,7H,2,6H2,1H3,(H,15,16). The second-order valence-electron chi connectivity index (χ2n) is 3.85. The van der Waals surface area contributed by atoms with Crippen LogP contribution in [-0.4, -0.2) is 18.5 Å². The summed E-state index contributed by atoms with van der Waals surface area (Å²) in [6.07, 6.45) is 1.72. The molecule has 1 N–H and O–H groups in total. The number of hydrogen-bond acceptors (Lipinski definition) is 3. The molecule has 0 bridgehead atoms. The summed E-state index contributed by atoms with van der Waals surface area (Å²) in [5.41, 5.74) is 1.86. The fourth-order valence-corrected chi connectivity index (χ4v) is 2.08. The van der Waals surface area contributed by atoms with Gasteiger partial charge in [0.25, 0.3) is 0 Å². The lowest BCUT2D eigenvalue weighted by Crippen LogP contribution is -2.15. The first-order valence-corrected chi connectivity index (χ1v) is 6.36.